The number of amides is 4. The summed E-state index contributed by atoms with van der Waals surface area (Å²) in [7, 11) is 0. The normalized spacial score (nSPS) is 29.8. The summed E-state index contributed by atoms with van der Waals surface area (Å²) in [6.07, 6.45) is 12.0. The Labute approximate surface area is 446 Å². The Bertz CT molecular complexity index is 2810. The number of carbonyl (C=O) groups excluding carboxylic acids is 4. The molecular weight excluding hydrogens is 941 g/mol. The van der Waals surface area contributed by atoms with Gasteiger partial charge in [0, 0.05) is 75.9 Å². The third kappa shape index (κ3) is 10.2. The fourth-order valence-corrected chi connectivity index (χ4v) is 15.4. The van der Waals surface area contributed by atoms with Crippen molar-refractivity contribution < 1.29 is 28.7 Å². The molecule has 3 heterocycles. The molecule has 2 aromatic heterocycles. The summed E-state index contributed by atoms with van der Waals surface area (Å²) in [6, 6.07) is 14.9. The molecule has 10 rings (SSSR count). The van der Waals surface area contributed by atoms with Gasteiger partial charge in [0.2, 0.25) is 11.8 Å². The lowest BCUT2D eigenvalue weighted by Gasteiger charge is -2.39. The summed E-state index contributed by atoms with van der Waals surface area (Å²) in [5, 5.41) is 9.95. The molecule has 2 aromatic carbocycles. The maximum absolute atomic E-state index is 14.1. The van der Waals surface area contributed by atoms with Crippen molar-refractivity contribution in [3.05, 3.63) is 59.7 Å². The van der Waals surface area contributed by atoms with Crippen LogP contribution in [-0.4, -0.2) is 90.9 Å². The second-order valence-corrected chi connectivity index (χ2v) is 27.4. The third-order valence-corrected chi connectivity index (χ3v) is 20.9. The van der Waals surface area contributed by atoms with Crippen molar-refractivity contribution in [3.63, 3.8) is 0 Å². The number of ether oxygens (including phenoxy) is 2. The number of aromatic nitrogens is 4. The van der Waals surface area contributed by atoms with Crippen molar-refractivity contribution in [1.82, 2.24) is 40.0 Å². The minimum atomic E-state index is -0.821. The summed E-state index contributed by atoms with van der Waals surface area (Å²) in [4.78, 5) is 66.3. The van der Waals surface area contributed by atoms with Crippen LogP contribution in [0.1, 0.15) is 189 Å². The summed E-state index contributed by atoms with van der Waals surface area (Å²) >= 11 is 0. The number of imidazole rings is 2. The number of nitrogens with one attached hydrogen (secondary N) is 3. The fraction of sp³-hybridized carbons (Fsp3) is 0.705. The van der Waals surface area contributed by atoms with Gasteiger partial charge in [-0.2, -0.15) is 0 Å². The van der Waals surface area contributed by atoms with E-state index in [1.807, 2.05) is 57.7 Å². The van der Waals surface area contributed by atoms with Gasteiger partial charge in [-0.25, -0.2) is 19.6 Å². The highest BCUT2D eigenvalue weighted by molar-refractivity contribution is 5.80. The van der Waals surface area contributed by atoms with Crippen molar-refractivity contribution in [2.24, 2.45) is 39.4 Å². The van der Waals surface area contributed by atoms with Crippen LogP contribution in [0.3, 0.4) is 0 Å². The minimum Gasteiger partial charge on any atom is -0.444 e. The molecule has 3 N–H and O–H groups in total. The zero-order valence-corrected chi connectivity index (χ0v) is 47.2. The van der Waals surface area contributed by atoms with Crippen molar-refractivity contribution in [1.29, 1.82) is 0 Å². The van der Waals surface area contributed by atoms with E-state index in [9.17, 15) is 19.2 Å². The van der Waals surface area contributed by atoms with Gasteiger partial charge in [-0.05, 0) is 174 Å². The molecule has 6 fully saturated rings. The Hall–Kier alpha value is -5.14. The first-order valence-electron chi connectivity index (χ1n) is 28.8. The number of rotatable bonds is 15. The summed E-state index contributed by atoms with van der Waals surface area (Å²) < 4.78 is 16.4. The van der Waals surface area contributed by atoms with Crippen LogP contribution in [0.4, 0.5) is 9.59 Å². The topological polar surface area (TPSA) is 162 Å². The number of nitrogens with zero attached hydrogens (tertiary/aromatic N) is 5. The molecule has 4 aromatic rings. The van der Waals surface area contributed by atoms with Gasteiger partial charge in [0.25, 0.3) is 0 Å². The Balaban J connectivity index is 0.797. The van der Waals surface area contributed by atoms with Gasteiger partial charge in [-0.15, -0.1) is 0 Å². The molecular formula is C61H88N8O6. The molecule has 5 unspecified atom stereocenters. The lowest BCUT2D eigenvalue weighted by molar-refractivity contribution is -0.123. The minimum absolute atomic E-state index is 0.00698. The first-order chi connectivity index (χ1) is 35.3. The van der Waals surface area contributed by atoms with Crippen LogP contribution in [0, 0.1) is 39.4 Å². The Morgan fingerprint density at radius 3 is 1.79 bits per heavy atom. The third-order valence-electron chi connectivity index (χ3n) is 20.9. The average molecular weight is 1030 g/mol. The predicted molar refractivity (Wildman–Crippen MR) is 293 cm³/mol. The molecule has 14 nitrogen and oxygen atoms in total. The van der Waals surface area contributed by atoms with E-state index >= 15 is 0 Å². The van der Waals surface area contributed by atoms with Gasteiger partial charge in [0.1, 0.15) is 22.9 Å². The molecule has 5 saturated carbocycles. The van der Waals surface area contributed by atoms with E-state index in [4.69, 9.17) is 19.4 Å². The molecule has 408 valence electrons. The van der Waals surface area contributed by atoms with E-state index in [1.165, 1.54) is 12.8 Å². The Morgan fingerprint density at radius 2 is 1.23 bits per heavy atom. The summed E-state index contributed by atoms with van der Waals surface area (Å²) in [5.74, 6) is 3.99. The molecule has 5 aliphatic carbocycles. The van der Waals surface area contributed by atoms with E-state index in [0.717, 1.165) is 97.1 Å². The molecule has 75 heavy (non-hydrogen) atoms. The zero-order valence-electron chi connectivity index (χ0n) is 47.2. The van der Waals surface area contributed by atoms with E-state index < -0.39 is 11.2 Å². The highest BCUT2D eigenvalue weighted by atomic mass is 16.6. The van der Waals surface area contributed by atoms with Gasteiger partial charge >= 0.3 is 12.2 Å². The standard InChI is InChI=1S/C61H88N8O6/c1-56(2,3)74-54(72)62-36-38-16-19-40(20-17-38)52-64-45-21-18-39(32-47(45)69(52)31-26-51(71)66-49-34-43-23-28-61(49,11)59(43,8)9)35-57(4,5)75-55(73)67-29-24-41(37-67)53-63-44-14-12-13-15-46(44)68(53)30-25-50(70)65-48-33-42-22-27-60(48,10)58(42,6)7/h12-15,18,21,32,38,40-43,48-49H,16-17,19-20,22-31,33-37H2,1-11H3,(H,62,72)(H,65,70)(H,66,71)/t38?,40?,41?,42?,43?,48?,49?,60-,61-/m0/s1. The van der Waals surface area contributed by atoms with Crippen molar-refractivity contribution in [3.8, 4) is 0 Å². The first kappa shape index (κ1) is 53.3. The predicted octanol–water partition coefficient (Wildman–Crippen LogP) is 11.6. The lowest BCUT2D eigenvalue weighted by Crippen LogP contribution is -2.47. The molecule has 7 atom stereocenters. The first-order valence-corrected chi connectivity index (χ1v) is 28.8. The number of benzene rings is 2. The molecule has 4 bridgehead atoms. The zero-order chi connectivity index (χ0) is 53.5. The maximum atomic E-state index is 14.1. The van der Waals surface area contributed by atoms with Crippen LogP contribution in [0.5, 0.6) is 0 Å². The maximum Gasteiger partial charge on any atom is 0.410 e. The number of para-hydroxylation sites is 2. The van der Waals surface area contributed by atoms with Gasteiger partial charge < -0.3 is 39.5 Å². The van der Waals surface area contributed by atoms with Crippen molar-refractivity contribution in [2.45, 2.75) is 214 Å². The van der Waals surface area contributed by atoms with Gasteiger partial charge in [-0.3, -0.25) is 9.59 Å². The largest absolute Gasteiger partial charge is 0.444 e. The van der Waals surface area contributed by atoms with Crippen LogP contribution in [0.2, 0.25) is 0 Å². The van der Waals surface area contributed by atoms with E-state index in [-0.39, 0.29) is 69.6 Å². The molecule has 0 radical (unpaired) electrons. The van der Waals surface area contributed by atoms with Crippen LogP contribution in [0.25, 0.3) is 22.1 Å². The summed E-state index contributed by atoms with van der Waals surface area (Å²) in [6.45, 7) is 26.5. The molecule has 14 heteroatoms. The molecule has 4 amide bonds. The average Bonchev–Trinajstić information content (AvgIpc) is 4.23. The van der Waals surface area contributed by atoms with Crippen molar-refractivity contribution >= 4 is 46.1 Å². The van der Waals surface area contributed by atoms with Crippen LogP contribution in [-0.2, 0) is 38.6 Å². The van der Waals surface area contributed by atoms with Crippen LogP contribution >= 0.6 is 0 Å². The number of hydrogen-bond donors (Lipinski definition) is 3. The van der Waals surface area contributed by atoms with Crippen molar-refractivity contribution in [2.75, 3.05) is 19.6 Å². The second-order valence-electron chi connectivity index (χ2n) is 27.4. The number of fused-ring (bicyclic) bond motifs is 6. The smallest absolute Gasteiger partial charge is 0.410 e. The Kier molecular flexibility index (Phi) is 14.0. The van der Waals surface area contributed by atoms with Gasteiger partial charge in [-0.1, -0.05) is 59.7 Å². The lowest BCUT2D eigenvalue weighted by atomic mass is 9.69. The van der Waals surface area contributed by atoms with E-state index in [2.05, 4.69) is 90.9 Å². The monoisotopic (exact) mass is 1030 g/mol. The molecule has 1 aliphatic heterocycles. The molecule has 1 saturated heterocycles. The van der Waals surface area contributed by atoms with E-state index in [1.54, 1.807) is 0 Å². The van der Waals surface area contributed by atoms with Gasteiger partial charge in [0.05, 0.1) is 22.1 Å². The number of likely N-dealkylation sites (tertiary alicyclic amines) is 1. The number of aryl methyl sites for hydroxylation is 2. The molecule has 0 spiro atoms. The quantitative estimate of drug-likeness (QED) is 0.106. The number of alkyl carbamates (subject to hydrolysis) is 1. The Morgan fingerprint density at radius 1 is 0.667 bits per heavy atom. The highest BCUT2D eigenvalue weighted by Gasteiger charge is 2.62. The highest BCUT2D eigenvalue weighted by Crippen LogP contribution is 2.66. The SMILES string of the molecule is CC(C)(C)OC(=O)NCC1CCC(c2nc3ccc(CC(C)(C)OC(=O)N4CCC(c5nc6ccccc6n5CCC(=O)NC5CC6CC[C@]5(C)C6(C)C)C4)cc3n2CCC(=O)NC2CC3CC[C@]2(C)C3(C)C)CC1. The second kappa shape index (κ2) is 19.7. The van der Waals surface area contributed by atoms with Gasteiger partial charge in [0.15, 0.2) is 0 Å². The van der Waals surface area contributed by atoms with E-state index in [0.29, 0.717) is 69.7 Å². The summed E-state index contributed by atoms with van der Waals surface area (Å²) in [5.41, 5.74) is 4.12. The fourth-order valence-electron chi connectivity index (χ4n) is 15.4. The number of hydrogen-bond acceptors (Lipinski definition) is 8. The number of carbonyl (C=O) groups is 4. The van der Waals surface area contributed by atoms with Crippen LogP contribution in [0.15, 0.2) is 42.5 Å². The van der Waals surface area contributed by atoms with Crippen LogP contribution < -0.4 is 16.0 Å². The molecule has 6 aliphatic rings.